The number of aliphatic imine (C=N–C) groups is 1. The second kappa shape index (κ2) is 6.28. The van der Waals surface area contributed by atoms with E-state index in [0.717, 1.165) is 0 Å². The van der Waals surface area contributed by atoms with E-state index < -0.39 is 24.1 Å². The van der Waals surface area contributed by atoms with Gasteiger partial charge in [-0.25, -0.2) is 4.99 Å². The molecule has 0 aliphatic carbocycles. The van der Waals surface area contributed by atoms with Crippen molar-refractivity contribution in [3.63, 3.8) is 0 Å². The van der Waals surface area contributed by atoms with Crippen LogP contribution in [0.3, 0.4) is 0 Å². The number of amides is 1. The highest BCUT2D eigenvalue weighted by Gasteiger charge is 2.41. The van der Waals surface area contributed by atoms with Crippen molar-refractivity contribution in [3.05, 3.63) is 17.7 Å². The summed E-state index contributed by atoms with van der Waals surface area (Å²) >= 11 is 0. The minimum atomic E-state index is -0.826. The minimum absolute atomic E-state index is 0.405. The molecule has 1 amide bonds. The van der Waals surface area contributed by atoms with Crippen molar-refractivity contribution in [1.29, 1.82) is 0 Å². The largest absolute Gasteiger partial charge is 0.493 e. The van der Waals surface area contributed by atoms with Crippen LogP contribution in [0, 0.1) is 0 Å². The first-order chi connectivity index (χ1) is 10.8. The number of hydrogen-bond donors (Lipinski definition) is 0. The molecule has 7 nitrogen and oxygen atoms in total. The quantitative estimate of drug-likeness (QED) is 0.786. The zero-order valence-electron chi connectivity index (χ0n) is 13.8. The van der Waals surface area contributed by atoms with Crippen LogP contribution in [0.5, 0.6) is 17.2 Å². The number of carbonyl (C=O) groups excluding carboxylic acids is 2. The summed E-state index contributed by atoms with van der Waals surface area (Å²) in [6, 6.07) is 3.47. The molecule has 1 aliphatic rings. The van der Waals surface area contributed by atoms with E-state index in [2.05, 4.69) is 9.73 Å². The molecule has 0 aromatic heterocycles. The monoisotopic (exact) mass is 321 g/mol. The molecule has 0 unspecified atom stereocenters. The number of hydrogen-bond acceptors (Lipinski definition) is 6. The van der Waals surface area contributed by atoms with Crippen LogP contribution in [-0.4, -0.2) is 44.0 Å². The number of methoxy groups -OCH3 is 2. The Balaban J connectivity index is 2.43. The summed E-state index contributed by atoms with van der Waals surface area (Å²) in [4.78, 5) is 26.7. The van der Waals surface area contributed by atoms with Gasteiger partial charge in [0.1, 0.15) is 5.60 Å². The summed E-state index contributed by atoms with van der Waals surface area (Å²) in [6.45, 7) is 4.40. The van der Waals surface area contributed by atoms with E-state index in [0.29, 0.717) is 28.5 Å². The van der Waals surface area contributed by atoms with Crippen LogP contribution < -0.4 is 14.2 Å². The van der Waals surface area contributed by atoms with Gasteiger partial charge in [0.25, 0.3) is 5.91 Å². The van der Waals surface area contributed by atoms with Crippen LogP contribution >= 0.6 is 0 Å². The van der Waals surface area contributed by atoms with Gasteiger partial charge in [0.15, 0.2) is 18.1 Å². The Morgan fingerprint density at radius 3 is 2.48 bits per heavy atom. The van der Waals surface area contributed by atoms with E-state index in [1.165, 1.54) is 21.1 Å². The Kier molecular flexibility index (Phi) is 4.58. The van der Waals surface area contributed by atoms with Crippen molar-refractivity contribution in [2.75, 3.05) is 20.8 Å². The maximum absolute atomic E-state index is 11.9. The van der Waals surface area contributed by atoms with E-state index in [1.807, 2.05) is 0 Å². The molecule has 1 heterocycles. The van der Waals surface area contributed by atoms with Crippen LogP contribution in [-0.2, 0) is 14.3 Å². The van der Waals surface area contributed by atoms with Gasteiger partial charge in [-0.1, -0.05) is 0 Å². The minimum Gasteiger partial charge on any atom is -0.493 e. The van der Waals surface area contributed by atoms with Crippen molar-refractivity contribution in [2.24, 2.45) is 4.99 Å². The zero-order chi connectivity index (χ0) is 17.2. The third kappa shape index (κ3) is 3.28. The lowest BCUT2D eigenvalue weighted by Crippen LogP contribution is -2.34. The highest BCUT2D eigenvalue weighted by Crippen LogP contribution is 2.47. The van der Waals surface area contributed by atoms with Gasteiger partial charge < -0.3 is 18.9 Å². The molecule has 23 heavy (non-hydrogen) atoms. The zero-order valence-corrected chi connectivity index (χ0v) is 13.8. The first-order valence-corrected chi connectivity index (χ1v) is 7.00. The van der Waals surface area contributed by atoms with E-state index in [9.17, 15) is 9.59 Å². The van der Waals surface area contributed by atoms with E-state index in [-0.39, 0.29) is 0 Å². The van der Waals surface area contributed by atoms with Crippen LogP contribution in [0.25, 0.3) is 0 Å². The van der Waals surface area contributed by atoms with Crippen molar-refractivity contribution >= 4 is 17.6 Å². The molecule has 1 aromatic rings. The standard InChI is InChI=1S/C16H19NO6/c1-9(18)22-8-12(19)17-15-10-6-7-11(20-4)14(21-5)13(10)23-16(15,2)3/h6-7H,8H2,1-5H3. The van der Waals surface area contributed by atoms with Gasteiger partial charge in [0, 0.05) is 12.5 Å². The summed E-state index contributed by atoms with van der Waals surface area (Å²) in [5.41, 5.74) is 0.267. The Morgan fingerprint density at radius 2 is 1.91 bits per heavy atom. The molecule has 7 heteroatoms. The predicted molar refractivity (Wildman–Crippen MR) is 82.4 cm³/mol. The van der Waals surface area contributed by atoms with Crippen LogP contribution in [0.1, 0.15) is 26.3 Å². The fourth-order valence-electron chi connectivity index (χ4n) is 2.33. The number of carbonyl (C=O) groups is 2. The Morgan fingerprint density at radius 1 is 1.22 bits per heavy atom. The summed E-state index contributed by atoms with van der Waals surface area (Å²) in [5, 5.41) is 0. The summed E-state index contributed by atoms with van der Waals surface area (Å²) in [6.07, 6.45) is 0. The molecule has 1 aromatic carbocycles. The van der Waals surface area contributed by atoms with E-state index in [1.54, 1.807) is 26.0 Å². The normalized spacial score (nSPS) is 16.5. The lowest BCUT2D eigenvalue weighted by Gasteiger charge is -2.19. The number of rotatable bonds is 4. The fraction of sp³-hybridized carbons (Fsp3) is 0.438. The topological polar surface area (TPSA) is 83.4 Å². The molecule has 0 spiro atoms. The first-order valence-electron chi connectivity index (χ1n) is 7.00. The molecule has 0 saturated heterocycles. The average Bonchev–Trinajstić information content (AvgIpc) is 2.74. The van der Waals surface area contributed by atoms with Gasteiger partial charge in [-0.15, -0.1) is 0 Å². The second-order valence-electron chi connectivity index (χ2n) is 5.42. The average molecular weight is 321 g/mol. The van der Waals surface area contributed by atoms with Gasteiger partial charge >= 0.3 is 5.97 Å². The van der Waals surface area contributed by atoms with Gasteiger partial charge in [-0.3, -0.25) is 9.59 Å². The maximum Gasteiger partial charge on any atom is 0.303 e. The summed E-state index contributed by atoms with van der Waals surface area (Å²) in [7, 11) is 3.04. The van der Waals surface area contributed by atoms with Gasteiger partial charge in [0.05, 0.1) is 19.9 Å². The van der Waals surface area contributed by atoms with E-state index >= 15 is 0 Å². The number of benzene rings is 1. The molecule has 0 atom stereocenters. The Labute approximate surface area is 134 Å². The van der Waals surface area contributed by atoms with Crippen LogP contribution in [0.2, 0.25) is 0 Å². The number of nitrogens with zero attached hydrogens (tertiary/aromatic N) is 1. The first kappa shape index (κ1) is 16.8. The maximum atomic E-state index is 11.9. The summed E-state index contributed by atoms with van der Waals surface area (Å²) in [5.74, 6) is 0.336. The Bertz CT molecular complexity index is 677. The third-order valence-corrected chi connectivity index (χ3v) is 3.32. The molecule has 0 bridgehead atoms. The number of fused-ring (bicyclic) bond motifs is 1. The molecule has 2 rings (SSSR count). The van der Waals surface area contributed by atoms with Gasteiger partial charge in [-0.05, 0) is 26.0 Å². The fourth-order valence-corrected chi connectivity index (χ4v) is 2.33. The van der Waals surface area contributed by atoms with Crippen molar-refractivity contribution in [2.45, 2.75) is 26.4 Å². The molecular weight excluding hydrogens is 302 g/mol. The van der Waals surface area contributed by atoms with Crippen molar-refractivity contribution in [3.8, 4) is 17.2 Å². The van der Waals surface area contributed by atoms with Crippen molar-refractivity contribution in [1.82, 2.24) is 0 Å². The highest BCUT2D eigenvalue weighted by molar-refractivity contribution is 6.15. The summed E-state index contributed by atoms with van der Waals surface area (Å²) < 4.78 is 21.2. The molecule has 0 saturated carbocycles. The molecule has 0 radical (unpaired) electrons. The third-order valence-electron chi connectivity index (χ3n) is 3.32. The lowest BCUT2D eigenvalue weighted by molar-refractivity contribution is -0.145. The SMILES string of the molecule is COc1ccc2c(c1OC)OC(C)(C)C2=NC(=O)COC(C)=O. The number of esters is 1. The van der Waals surface area contributed by atoms with Crippen LogP contribution in [0.15, 0.2) is 17.1 Å². The van der Waals surface area contributed by atoms with E-state index in [4.69, 9.17) is 14.2 Å². The Hall–Kier alpha value is -2.57. The molecule has 1 aliphatic heterocycles. The molecule has 124 valence electrons. The molecule has 0 fully saturated rings. The predicted octanol–water partition coefficient (Wildman–Crippen LogP) is 1.75. The van der Waals surface area contributed by atoms with Gasteiger partial charge in [-0.2, -0.15) is 0 Å². The molecular formula is C16H19NO6. The van der Waals surface area contributed by atoms with Crippen LogP contribution in [0.4, 0.5) is 0 Å². The highest BCUT2D eigenvalue weighted by atomic mass is 16.5. The molecule has 0 N–H and O–H groups in total. The van der Waals surface area contributed by atoms with Crippen molar-refractivity contribution < 1.29 is 28.5 Å². The van der Waals surface area contributed by atoms with Gasteiger partial charge in [0.2, 0.25) is 5.75 Å². The lowest BCUT2D eigenvalue weighted by atomic mass is 9.98. The smallest absolute Gasteiger partial charge is 0.303 e. The second-order valence-corrected chi connectivity index (χ2v) is 5.42. The number of ether oxygens (including phenoxy) is 4.